The highest BCUT2D eigenvalue weighted by Crippen LogP contribution is 2.26. The van der Waals surface area contributed by atoms with E-state index in [4.69, 9.17) is 5.11 Å². The molecule has 0 radical (unpaired) electrons. The highest BCUT2D eigenvalue weighted by atomic mass is 16.4. The van der Waals surface area contributed by atoms with E-state index < -0.39 is 6.09 Å². The number of nitrogens with one attached hydrogen (secondary N) is 1. The first-order valence-electron chi connectivity index (χ1n) is 7.47. The van der Waals surface area contributed by atoms with E-state index in [0.29, 0.717) is 6.54 Å². The standard InChI is InChI=1S/C9H11NO2.C7H13N.H2/c11-9(12)10-7-6-8-4-2-1-3-5-8;1-4-8-5-2-7(1)3-6-8;/h1-5,10H,6-7H2,(H,11,12);7H,1-6H2;1H. The number of rotatable bonds is 3. The third-order valence-corrected chi connectivity index (χ3v) is 4.09. The maximum atomic E-state index is 10.1. The Labute approximate surface area is 122 Å². The zero-order valence-electron chi connectivity index (χ0n) is 11.9. The van der Waals surface area contributed by atoms with E-state index in [1.165, 1.54) is 38.9 Å². The van der Waals surface area contributed by atoms with Gasteiger partial charge in [-0.1, -0.05) is 30.3 Å². The minimum Gasteiger partial charge on any atom is -0.465 e. The van der Waals surface area contributed by atoms with Gasteiger partial charge in [0.05, 0.1) is 0 Å². The van der Waals surface area contributed by atoms with Crippen LogP contribution in [0.3, 0.4) is 0 Å². The van der Waals surface area contributed by atoms with Gasteiger partial charge < -0.3 is 15.3 Å². The van der Waals surface area contributed by atoms with Crippen LogP contribution in [0.1, 0.15) is 26.3 Å². The van der Waals surface area contributed by atoms with E-state index in [2.05, 4.69) is 10.2 Å². The molecule has 3 saturated heterocycles. The van der Waals surface area contributed by atoms with Crippen molar-refractivity contribution < 1.29 is 11.3 Å². The molecular weight excluding hydrogens is 252 g/mol. The molecule has 1 aromatic rings. The van der Waals surface area contributed by atoms with Gasteiger partial charge in [0, 0.05) is 7.97 Å². The molecule has 2 N–H and O–H groups in total. The smallest absolute Gasteiger partial charge is 0.404 e. The Kier molecular flexibility index (Phi) is 5.87. The van der Waals surface area contributed by atoms with Crippen LogP contribution in [0, 0.1) is 5.92 Å². The van der Waals surface area contributed by atoms with Crippen molar-refractivity contribution in [3.63, 3.8) is 0 Å². The van der Waals surface area contributed by atoms with Crippen LogP contribution >= 0.6 is 0 Å². The Morgan fingerprint density at radius 3 is 2.20 bits per heavy atom. The summed E-state index contributed by atoms with van der Waals surface area (Å²) in [6.45, 7) is 4.65. The molecular formula is C16H26N2O2. The molecule has 4 heteroatoms. The van der Waals surface area contributed by atoms with Gasteiger partial charge in [-0.3, -0.25) is 0 Å². The minimum atomic E-state index is -0.967. The van der Waals surface area contributed by atoms with Crippen molar-refractivity contribution in [2.75, 3.05) is 26.2 Å². The molecule has 0 saturated carbocycles. The highest BCUT2D eigenvalue weighted by molar-refractivity contribution is 5.64. The van der Waals surface area contributed by atoms with Crippen molar-refractivity contribution in [3.05, 3.63) is 35.9 Å². The first-order chi connectivity index (χ1) is 9.74. The number of benzene rings is 1. The first-order valence-corrected chi connectivity index (χ1v) is 7.47. The predicted octanol–water partition coefficient (Wildman–Crippen LogP) is 2.84. The van der Waals surface area contributed by atoms with Gasteiger partial charge in [-0.15, -0.1) is 0 Å². The average Bonchev–Trinajstić information content (AvgIpc) is 2.51. The predicted molar refractivity (Wildman–Crippen MR) is 82.1 cm³/mol. The molecule has 3 fully saturated rings. The molecule has 4 nitrogen and oxygen atoms in total. The lowest BCUT2D eigenvalue weighted by Crippen LogP contribution is -2.41. The summed E-state index contributed by atoms with van der Waals surface area (Å²) in [6.07, 6.45) is 4.23. The van der Waals surface area contributed by atoms with Crippen molar-refractivity contribution >= 4 is 6.09 Å². The van der Waals surface area contributed by atoms with E-state index >= 15 is 0 Å². The van der Waals surface area contributed by atoms with Crippen LogP contribution in [0.25, 0.3) is 0 Å². The molecule has 3 heterocycles. The van der Waals surface area contributed by atoms with E-state index in [9.17, 15) is 4.79 Å². The van der Waals surface area contributed by atoms with E-state index in [-0.39, 0.29) is 1.43 Å². The SMILES string of the molecule is C1CN2CCC1CC2.O=C(O)NCCc1ccccc1.[HH]. The lowest BCUT2D eigenvalue weighted by Gasteiger charge is -2.38. The fraction of sp³-hybridized carbons (Fsp3) is 0.562. The van der Waals surface area contributed by atoms with Crippen molar-refractivity contribution in [3.8, 4) is 0 Å². The van der Waals surface area contributed by atoms with Gasteiger partial charge in [0.1, 0.15) is 0 Å². The molecule has 3 aliphatic heterocycles. The number of piperidine rings is 3. The number of hydrogen-bond acceptors (Lipinski definition) is 2. The summed E-state index contributed by atoms with van der Waals surface area (Å²) in [5.41, 5.74) is 1.14. The summed E-state index contributed by atoms with van der Waals surface area (Å²) in [7, 11) is 0. The average molecular weight is 278 g/mol. The molecule has 0 aliphatic carbocycles. The lowest BCUT2D eigenvalue weighted by atomic mass is 9.89. The van der Waals surface area contributed by atoms with E-state index in [1.807, 2.05) is 30.3 Å². The lowest BCUT2D eigenvalue weighted by molar-refractivity contribution is 0.111. The summed E-state index contributed by atoms with van der Waals surface area (Å²) in [6, 6.07) is 9.77. The van der Waals surface area contributed by atoms with Crippen LogP contribution in [0.5, 0.6) is 0 Å². The largest absolute Gasteiger partial charge is 0.465 e. The van der Waals surface area contributed by atoms with Crippen LogP contribution in [-0.2, 0) is 6.42 Å². The van der Waals surface area contributed by atoms with E-state index in [0.717, 1.165) is 17.9 Å². The molecule has 4 rings (SSSR count). The molecule has 3 aliphatic rings. The topological polar surface area (TPSA) is 52.6 Å². The molecule has 0 unspecified atom stereocenters. The maximum Gasteiger partial charge on any atom is 0.404 e. The van der Waals surface area contributed by atoms with Gasteiger partial charge in [0.15, 0.2) is 0 Å². The van der Waals surface area contributed by atoms with Crippen LogP contribution in [0.15, 0.2) is 30.3 Å². The molecule has 1 amide bonds. The third-order valence-electron chi connectivity index (χ3n) is 4.09. The zero-order chi connectivity index (χ0) is 14.2. The Hall–Kier alpha value is -1.55. The molecule has 0 aromatic heterocycles. The van der Waals surface area contributed by atoms with Gasteiger partial charge in [-0.2, -0.15) is 0 Å². The Bertz CT molecular complexity index is 383. The summed E-state index contributed by atoms with van der Waals surface area (Å²) in [4.78, 5) is 12.7. The molecule has 1 aromatic carbocycles. The van der Waals surface area contributed by atoms with Crippen LogP contribution < -0.4 is 5.32 Å². The molecule has 112 valence electrons. The second-order valence-electron chi connectivity index (χ2n) is 5.54. The normalized spacial score (nSPS) is 23.6. The Balaban J connectivity index is 0.000000213. The van der Waals surface area contributed by atoms with Crippen LogP contribution in [0.4, 0.5) is 4.79 Å². The summed E-state index contributed by atoms with van der Waals surface area (Å²) in [5, 5.41) is 10.6. The maximum absolute atomic E-state index is 10.1. The number of amides is 1. The zero-order valence-corrected chi connectivity index (χ0v) is 11.9. The summed E-state index contributed by atoms with van der Waals surface area (Å²) in [5.74, 6) is 1.11. The Morgan fingerprint density at radius 1 is 1.20 bits per heavy atom. The van der Waals surface area contributed by atoms with Crippen molar-refractivity contribution in [2.45, 2.75) is 25.7 Å². The summed E-state index contributed by atoms with van der Waals surface area (Å²) >= 11 is 0. The van der Waals surface area contributed by atoms with Gasteiger partial charge in [0.25, 0.3) is 0 Å². The van der Waals surface area contributed by atoms with Crippen LogP contribution in [-0.4, -0.2) is 42.3 Å². The molecule has 20 heavy (non-hydrogen) atoms. The number of fused-ring (bicyclic) bond motifs is 3. The number of carbonyl (C=O) groups is 1. The van der Waals surface area contributed by atoms with Gasteiger partial charge in [-0.25, -0.2) is 4.79 Å². The minimum absolute atomic E-state index is 0. The Morgan fingerprint density at radius 2 is 1.80 bits per heavy atom. The van der Waals surface area contributed by atoms with Crippen LogP contribution in [0.2, 0.25) is 0 Å². The van der Waals surface area contributed by atoms with Crippen molar-refractivity contribution in [2.24, 2.45) is 5.92 Å². The number of hydrogen-bond donors (Lipinski definition) is 2. The molecule has 0 spiro atoms. The van der Waals surface area contributed by atoms with Gasteiger partial charge in [0.2, 0.25) is 0 Å². The van der Waals surface area contributed by atoms with Gasteiger partial charge in [-0.05, 0) is 56.8 Å². The van der Waals surface area contributed by atoms with Crippen molar-refractivity contribution in [1.29, 1.82) is 0 Å². The third kappa shape index (κ3) is 5.21. The number of nitrogens with zero attached hydrogens (tertiary/aromatic N) is 1. The fourth-order valence-electron chi connectivity index (χ4n) is 2.82. The van der Waals surface area contributed by atoms with E-state index in [1.54, 1.807) is 0 Å². The number of carboxylic acid groups (broad SMARTS) is 1. The monoisotopic (exact) mass is 278 g/mol. The second-order valence-corrected chi connectivity index (χ2v) is 5.54. The quantitative estimate of drug-likeness (QED) is 0.894. The highest BCUT2D eigenvalue weighted by Gasteiger charge is 2.24. The molecule has 2 bridgehead atoms. The second kappa shape index (κ2) is 7.90. The van der Waals surface area contributed by atoms with Crippen molar-refractivity contribution in [1.82, 2.24) is 10.2 Å². The molecule has 0 atom stereocenters. The van der Waals surface area contributed by atoms with Gasteiger partial charge >= 0.3 is 6.09 Å². The summed E-state index contributed by atoms with van der Waals surface area (Å²) < 4.78 is 0. The first kappa shape index (κ1) is 14.9. The fourth-order valence-corrected chi connectivity index (χ4v) is 2.82.